The second-order valence-corrected chi connectivity index (χ2v) is 5.85. The van der Waals surface area contributed by atoms with Crippen molar-refractivity contribution >= 4 is 23.2 Å². The molecule has 0 atom stereocenters. The summed E-state index contributed by atoms with van der Waals surface area (Å²) in [5.74, 6) is 0. The molecule has 110 valence electrons. The number of rotatable bonds is 3. The minimum atomic E-state index is -0.198. The van der Waals surface area contributed by atoms with E-state index in [2.05, 4.69) is 0 Å². The van der Waals surface area contributed by atoms with Gasteiger partial charge in [-0.3, -0.25) is 4.79 Å². The van der Waals surface area contributed by atoms with Gasteiger partial charge in [-0.05, 0) is 34.9 Å². The van der Waals surface area contributed by atoms with Crippen LogP contribution < -0.4 is 5.56 Å². The molecule has 0 aliphatic rings. The molecule has 0 aliphatic carbocycles. The lowest BCUT2D eigenvalue weighted by molar-refractivity contribution is 0.761. The monoisotopic (exact) mass is 329 g/mol. The number of pyridine rings is 1. The molecule has 0 spiro atoms. The number of hydrogen-bond acceptors (Lipinski definition) is 1. The molecule has 0 saturated carbocycles. The van der Waals surface area contributed by atoms with E-state index in [9.17, 15) is 4.79 Å². The molecule has 1 aromatic heterocycles. The third-order valence-corrected chi connectivity index (χ3v) is 3.94. The first-order valence-corrected chi connectivity index (χ1v) is 7.59. The molecule has 0 amide bonds. The normalized spacial score (nSPS) is 10.6. The first kappa shape index (κ1) is 14.9. The number of halogens is 2. The number of benzene rings is 2. The van der Waals surface area contributed by atoms with Crippen LogP contribution in [0.3, 0.4) is 0 Å². The predicted molar refractivity (Wildman–Crippen MR) is 91.7 cm³/mol. The second kappa shape index (κ2) is 6.39. The fraction of sp³-hybridized carbons (Fsp3) is 0.0556. The fourth-order valence-electron chi connectivity index (χ4n) is 2.29. The molecular weight excluding hydrogens is 317 g/mol. The molecule has 0 aliphatic heterocycles. The van der Waals surface area contributed by atoms with Crippen LogP contribution in [0.15, 0.2) is 71.7 Å². The van der Waals surface area contributed by atoms with Crippen molar-refractivity contribution < 1.29 is 0 Å². The van der Waals surface area contributed by atoms with E-state index >= 15 is 0 Å². The highest BCUT2D eigenvalue weighted by molar-refractivity contribution is 6.30. The highest BCUT2D eigenvalue weighted by Crippen LogP contribution is 2.21. The zero-order valence-electron chi connectivity index (χ0n) is 11.7. The SMILES string of the molecule is O=c1c(Cl)cc(-c2ccccc2)cn1Cc1ccc(Cl)cc1. The fourth-order valence-corrected chi connectivity index (χ4v) is 2.64. The molecule has 22 heavy (non-hydrogen) atoms. The summed E-state index contributed by atoms with van der Waals surface area (Å²) in [4.78, 5) is 12.2. The van der Waals surface area contributed by atoms with Crippen LogP contribution in [-0.4, -0.2) is 4.57 Å². The molecule has 0 N–H and O–H groups in total. The maximum absolute atomic E-state index is 12.2. The van der Waals surface area contributed by atoms with E-state index in [-0.39, 0.29) is 10.6 Å². The Morgan fingerprint density at radius 3 is 2.23 bits per heavy atom. The van der Waals surface area contributed by atoms with Gasteiger partial charge in [-0.25, -0.2) is 0 Å². The number of aromatic nitrogens is 1. The molecule has 0 radical (unpaired) electrons. The molecule has 0 bridgehead atoms. The summed E-state index contributed by atoms with van der Waals surface area (Å²) in [5.41, 5.74) is 2.73. The van der Waals surface area contributed by atoms with Crippen LogP contribution in [0.2, 0.25) is 10.0 Å². The minimum Gasteiger partial charge on any atom is -0.309 e. The predicted octanol–water partition coefficient (Wildman–Crippen LogP) is 4.87. The molecule has 0 unspecified atom stereocenters. The summed E-state index contributed by atoms with van der Waals surface area (Å²) in [6, 6.07) is 19.0. The van der Waals surface area contributed by atoms with Gasteiger partial charge < -0.3 is 4.57 Å². The summed E-state index contributed by atoms with van der Waals surface area (Å²) >= 11 is 12.0. The zero-order valence-corrected chi connectivity index (χ0v) is 13.2. The first-order chi connectivity index (χ1) is 10.6. The molecule has 2 aromatic carbocycles. The van der Waals surface area contributed by atoms with Crippen LogP contribution in [0, 0.1) is 0 Å². The Labute approximate surface area is 138 Å². The van der Waals surface area contributed by atoms with E-state index in [1.165, 1.54) is 0 Å². The van der Waals surface area contributed by atoms with Crippen molar-refractivity contribution in [1.82, 2.24) is 4.57 Å². The molecule has 1 heterocycles. The van der Waals surface area contributed by atoms with Crippen LogP contribution in [0.5, 0.6) is 0 Å². The highest BCUT2D eigenvalue weighted by Gasteiger charge is 2.07. The van der Waals surface area contributed by atoms with Crippen LogP contribution in [0.1, 0.15) is 5.56 Å². The van der Waals surface area contributed by atoms with Gasteiger partial charge in [0.1, 0.15) is 5.02 Å². The van der Waals surface area contributed by atoms with Gasteiger partial charge in [-0.15, -0.1) is 0 Å². The Morgan fingerprint density at radius 2 is 1.55 bits per heavy atom. The van der Waals surface area contributed by atoms with Gasteiger partial charge in [0, 0.05) is 11.2 Å². The van der Waals surface area contributed by atoms with Gasteiger partial charge in [0.15, 0.2) is 0 Å². The Morgan fingerprint density at radius 1 is 0.864 bits per heavy atom. The van der Waals surface area contributed by atoms with Crippen LogP contribution in [0.4, 0.5) is 0 Å². The third-order valence-electron chi connectivity index (χ3n) is 3.42. The molecular formula is C18H13Cl2NO. The largest absolute Gasteiger partial charge is 0.309 e. The molecule has 2 nitrogen and oxygen atoms in total. The zero-order chi connectivity index (χ0) is 15.5. The van der Waals surface area contributed by atoms with E-state index in [0.29, 0.717) is 11.6 Å². The number of nitrogens with zero attached hydrogens (tertiary/aromatic N) is 1. The van der Waals surface area contributed by atoms with E-state index in [1.54, 1.807) is 10.6 Å². The first-order valence-electron chi connectivity index (χ1n) is 6.83. The maximum Gasteiger partial charge on any atom is 0.269 e. The van der Waals surface area contributed by atoms with E-state index in [4.69, 9.17) is 23.2 Å². The minimum absolute atomic E-state index is 0.198. The Hall–Kier alpha value is -2.03. The molecule has 4 heteroatoms. The van der Waals surface area contributed by atoms with E-state index in [0.717, 1.165) is 16.7 Å². The van der Waals surface area contributed by atoms with Crippen LogP contribution in [-0.2, 0) is 6.54 Å². The Kier molecular flexibility index (Phi) is 4.32. The topological polar surface area (TPSA) is 22.0 Å². The smallest absolute Gasteiger partial charge is 0.269 e. The van der Waals surface area contributed by atoms with Gasteiger partial charge in [0.05, 0.1) is 6.54 Å². The van der Waals surface area contributed by atoms with E-state index < -0.39 is 0 Å². The van der Waals surface area contributed by atoms with Crippen molar-refractivity contribution in [1.29, 1.82) is 0 Å². The Bertz CT molecular complexity index is 839. The molecule has 3 rings (SSSR count). The van der Waals surface area contributed by atoms with Crippen LogP contribution >= 0.6 is 23.2 Å². The van der Waals surface area contributed by atoms with Crippen molar-refractivity contribution in [2.75, 3.05) is 0 Å². The summed E-state index contributed by atoms with van der Waals surface area (Å²) in [5, 5.41) is 0.891. The average molecular weight is 330 g/mol. The Balaban J connectivity index is 2.02. The van der Waals surface area contributed by atoms with Gasteiger partial charge >= 0.3 is 0 Å². The van der Waals surface area contributed by atoms with Gasteiger partial charge in [0.2, 0.25) is 0 Å². The van der Waals surface area contributed by atoms with Crippen LogP contribution in [0.25, 0.3) is 11.1 Å². The number of hydrogen-bond donors (Lipinski definition) is 0. The maximum atomic E-state index is 12.2. The summed E-state index contributed by atoms with van der Waals surface area (Å²) in [6.07, 6.45) is 1.83. The quantitative estimate of drug-likeness (QED) is 0.671. The van der Waals surface area contributed by atoms with E-state index in [1.807, 2.05) is 60.8 Å². The second-order valence-electron chi connectivity index (χ2n) is 5.00. The lowest BCUT2D eigenvalue weighted by Crippen LogP contribution is -2.20. The standard InChI is InChI=1S/C18H13Cl2NO/c19-16-8-6-13(7-9-16)11-21-12-15(10-17(20)18(21)22)14-4-2-1-3-5-14/h1-10,12H,11H2. The van der Waals surface area contributed by atoms with Crippen molar-refractivity contribution in [3.8, 4) is 11.1 Å². The van der Waals surface area contributed by atoms with Gasteiger partial charge in [-0.1, -0.05) is 65.7 Å². The summed E-state index contributed by atoms with van der Waals surface area (Å²) < 4.78 is 1.62. The molecule has 3 aromatic rings. The summed E-state index contributed by atoms with van der Waals surface area (Å²) in [7, 11) is 0. The van der Waals surface area contributed by atoms with Crippen molar-refractivity contribution in [3.63, 3.8) is 0 Å². The lowest BCUT2D eigenvalue weighted by Gasteiger charge is -2.10. The highest BCUT2D eigenvalue weighted by atomic mass is 35.5. The lowest BCUT2D eigenvalue weighted by atomic mass is 10.1. The van der Waals surface area contributed by atoms with Crippen molar-refractivity contribution in [2.45, 2.75) is 6.54 Å². The molecule has 0 fully saturated rings. The van der Waals surface area contributed by atoms with Gasteiger partial charge in [0.25, 0.3) is 5.56 Å². The van der Waals surface area contributed by atoms with Gasteiger partial charge in [-0.2, -0.15) is 0 Å². The van der Waals surface area contributed by atoms with Crippen molar-refractivity contribution in [3.05, 3.63) is 92.8 Å². The average Bonchev–Trinajstić information content (AvgIpc) is 2.54. The summed E-state index contributed by atoms with van der Waals surface area (Å²) in [6.45, 7) is 0.455. The third kappa shape index (κ3) is 3.24. The molecule has 0 saturated heterocycles. The van der Waals surface area contributed by atoms with Crippen molar-refractivity contribution in [2.24, 2.45) is 0 Å².